The number of rotatable bonds is 4. The Morgan fingerprint density at radius 1 is 0.808 bits per heavy atom. The number of carbonyl (C=O) groups is 1. The third-order valence-electron chi connectivity index (χ3n) is 4.08. The van der Waals surface area contributed by atoms with E-state index in [2.05, 4.69) is 29.6 Å². The summed E-state index contributed by atoms with van der Waals surface area (Å²) in [6.45, 7) is 0. The first-order chi connectivity index (χ1) is 12.8. The Hall–Kier alpha value is -2.81. The van der Waals surface area contributed by atoms with Crippen LogP contribution in [0.2, 0.25) is 0 Å². The summed E-state index contributed by atoms with van der Waals surface area (Å²) in [6, 6.07) is 30.2. The number of cyclic esters (lactones) is 1. The number of ether oxygens (including phenoxy) is 1. The third kappa shape index (κ3) is 3.57. The molecule has 1 atom stereocenters. The molecular weight excluding hydrogens is 389 g/mol. The van der Waals surface area contributed by atoms with Gasteiger partial charge in [0.05, 0.1) is 0 Å². The molecule has 1 fully saturated rings. The Balaban J connectivity index is 1.83. The van der Waals surface area contributed by atoms with Gasteiger partial charge in [-0.05, 0) is 0 Å². The third-order valence-corrected chi connectivity index (χ3v) is 6.49. The zero-order valence-electron chi connectivity index (χ0n) is 14.0. The molecule has 0 unspecified atom stereocenters. The molecule has 1 amide bonds. The van der Waals surface area contributed by atoms with Gasteiger partial charge in [-0.25, -0.2) is 0 Å². The van der Waals surface area contributed by atoms with E-state index in [1.165, 1.54) is 4.46 Å². The van der Waals surface area contributed by atoms with E-state index < -0.39 is 6.09 Å². The molecule has 0 aliphatic carbocycles. The SMILES string of the molecule is O=C1N[C@@H](c2ccccc2)/C(=C(\[Se]c2ccccc2)c2ccccc2)O1. The standard InChI is InChI=1S/C22H17NO2Se/c24-22-23-19(16-10-4-1-5-11-16)20(25-22)21(17-12-6-2-7-13-17)26-18-14-8-3-9-15-18/h1-15,19H,(H,23,24)/b21-20+/t19-/m0/s1. The van der Waals surface area contributed by atoms with Crippen LogP contribution in [-0.2, 0) is 4.74 Å². The maximum absolute atomic E-state index is 12.1. The average Bonchev–Trinajstić information content (AvgIpc) is 3.10. The molecule has 1 saturated heterocycles. The van der Waals surface area contributed by atoms with Crippen LogP contribution in [0.4, 0.5) is 4.79 Å². The van der Waals surface area contributed by atoms with E-state index >= 15 is 0 Å². The molecule has 4 rings (SSSR count). The van der Waals surface area contributed by atoms with Crippen LogP contribution in [-0.4, -0.2) is 21.1 Å². The predicted molar refractivity (Wildman–Crippen MR) is 104 cm³/mol. The summed E-state index contributed by atoms with van der Waals surface area (Å²) in [4.78, 5) is 12.1. The second-order valence-electron chi connectivity index (χ2n) is 5.85. The average molecular weight is 406 g/mol. The molecule has 4 heteroatoms. The Bertz CT molecular complexity index is 924. The number of amides is 1. The van der Waals surface area contributed by atoms with E-state index in [9.17, 15) is 4.79 Å². The molecule has 0 radical (unpaired) electrons. The molecule has 0 bridgehead atoms. The fourth-order valence-electron chi connectivity index (χ4n) is 2.88. The van der Waals surface area contributed by atoms with Gasteiger partial charge in [-0.15, -0.1) is 0 Å². The maximum atomic E-state index is 12.1. The molecular formula is C22H17NO2Se. The fraction of sp³-hybridized carbons (Fsp3) is 0.0455. The molecule has 1 aliphatic rings. The Morgan fingerprint density at radius 3 is 2.04 bits per heavy atom. The van der Waals surface area contributed by atoms with Gasteiger partial charge in [0.15, 0.2) is 0 Å². The van der Waals surface area contributed by atoms with Gasteiger partial charge in [-0.2, -0.15) is 0 Å². The summed E-state index contributed by atoms with van der Waals surface area (Å²) in [7, 11) is 0. The van der Waals surface area contributed by atoms with E-state index in [1.54, 1.807) is 0 Å². The summed E-state index contributed by atoms with van der Waals surface area (Å²) in [5, 5.41) is 2.95. The van der Waals surface area contributed by atoms with Crippen LogP contribution in [0, 0.1) is 0 Å². The second kappa shape index (κ2) is 7.61. The van der Waals surface area contributed by atoms with E-state index in [0.29, 0.717) is 5.76 Å². The number of nitrogens with one attached hydrogen (secondary N) is 1. The zero-order valence-corrected chi connectivity index (χ0v) is 15.7. The topological polar surface area (TPSA) is 38.3 Å². The van der Waals surface area contributed by atoms with Gasteiger partial charge >= 0.3 is 159 Å². The Kier molecular flexibility index (Phi) is 4.87. The number of hydrogen-bond acceptors (Lipinski definition) is 2. The molecule has 3 nitrogen and oxygen atoms in total. The van der Waals surface area contributed by atoms with Crippen molar-refractivity contribution in [2.45, 2.75) is 6.04 Å². The van der Waals surface area contributed by atoms with Crippen molar-refractivity contribution in [3.63, 3.8) is 0 Å². The van der Waals surface area contributed by atoms with Gasteiger partial charge in [0.2, 0.25) is 0 Å². The Morgan fingerprint density at radius 2 is 1.38 bits per heavy atom. The van der Waals surface area contributed by atoms with Crippen molar-refractivity contribution in [1.29, 1.82) is 0 Å². The van der Waals surface area contributed by atoms with Gasteiger partial charge in [0.25, 0.3) is 0 Å². The van der Waals surface area contributed by atoms with Crippen LogP contribution in [0.1, 0.15) is 17.2 Å². The van der Waals surface area contributed by atoms with Crippen molar-refractivity contribution in [3.8, 4) is 0 Å². The predicted octanol–water partition coefficient (Wildman–Crippen LogP) is 3.87. The summed E-state index contributed by atoms with van der Waals surface area (Å²) < 4.78 is 7.98. The van der Waals surface area contributed by atoms with E-state index in [1.807, 2.05) is 66.7 Å². The number of benzene rings is 3. The van der Waals surface area contributed by atoms with E-state index in [0.717, 1.165) is 15.6 Å². The van der Waals surface area contributed by atoms with Crippen LogP contribution in [0.25, 0.3) is 4.47 Å². The first-order valence-electron chi connectivity index (χ1n) is 8.37. The van der Waals surface area contributed by atoms with E-state index in [4.69, 9.17) is 4.74 Å². The van der Waals surface area contributed by atoms with Crippen LogP contribution in [0.3, 0.4) is 0 Å². The summed E-state index contributed by atoms with van der Waals surface area (Å²) in [6.07, 6.45) is -0.397. The van der Waals surface area contributed by atoms with Gasteiger partial charge in [-0.3, -0.25) is 0 Å². The van der Waals surface area contributed by atoms with E-state index in [-0.39, 0.29) is 21.0 Å². The molecule has 0 aromatic heterocycles. The molecule has 1 heterocycles. The van der Waals surface area contributed by atoms with Crippen molar-refractivity contribution >= 4 is 30.0 Å². The summed E-state index contributed by atoms with van der Waals surface area (Å²) >= 11 is 0.0112. The minimum atomic E-state index is -0.397. The van der Waals surface area contributed by atoms with Gasteiger partial charge in [-0.1, -0.05) is 0 Å². The number of alkyl carbamates (subject to hydrolysis) is 1. The molecule has 3 aromatic carbocycles. The van der Waals surface area contributed by atoms with Crippen LogP contribution < -0.4 is 9.78 Å². The zero-order chi connectivity index (χ0) is 17.8. The summed E-state index contributed by atoms with van der Waals surface area (Å²) in [5.74, 6) is 0.705. The molecule has 1 N–H and O–H groups in total. The van der Waals surface area contributed by atoms with Crippen LogP contribution >= 0.6 is 0 Å². The fourth-order valence-corrected chi connectivity index (χ4v) is 5.06. The van der Waals surface area contributed by atoms with Crippen molar-refractivity contribution in [2.24, 2.45) is 0 Å². The first-order valence-corrected chi connectivity index (χ1v) is 10.1. The van der Waals surface area contributed by atoms with Crippen molar-refractivity contribution in [2.75, 3.05) is 0 Å². The second-order valence-corrected chi connectivity index (χ2v) is 8.13. The number of hydrogen-bond donors (Lipinski definition) is 1. The molecule has 128 valence electrons. The van der Waals surface area contributed by atoms with Crippen LogP contribution in [0.5, 0.6) is 0 Å². The van der Waals surface area contributed by atoms with Crippen LogP contribution in [0.15, 0.2) is 96.8 Å². The molecule has 0 saturated carbocycles. The molecule has 26 heavy (non-hydrogen) atoms. The normalized spacial score (nSPS) is 18.2. The number of carbonyl (C=O) groups excluding carboxylic acids is 1. The monoisotopic (exact) mass is 407 g/mol. The van der Waals surface area contributed by atoms with Crippen molar-refractivity contribution in [1.82, 2.24) is 5.32 Å². The quantitative estimate of drug-likeness (QED) is 0.669. The van der Waals surface area contributed by atoms with Crippen molar-refractivity contribution in [3.05, 3.63) is 108 Å². The first kappa shape index (κ1) is 16.6. The van der Waals surface area contributed by atoms with Crippen molar-refractivity contribution < 1.29 is 9.53 Å². The summed E-state index contributed by atoms with van der Waals surface area (Å²) in [5.41, 5.74) is 2.11. The molecule has 0 spiro atoms. The van der Waals surface area contributed by atoms with Gasteiger partial charge in [0, 0.05) is 0 Å². The molecule has 3 aromatic rings. The minimum absolute atomic E-state index is 0.0112. The van der Waals surface area contributed by atoms with Gasteiger partial charge in [0.1, 0.15) is 0 Å². The Labute approximate surface area is 158 Å². The van der Waals surface area contributed by atoms with Gasteiger partial charge < -0.3 is 0 Å². The molecule has 1 aliphatic heterocycles.